The van der Waals surface area contributed by atoms with E-state index in [4.69, 9.17) is 0 Å². The van der Waals surface area contributed by atoms with Crippen LogP contribution in [0.25, 0.3) is 0 Å². The highest BCUT2D eigenvalue weighted by molar-refractivity contribution is 5.79. The molecule has 0 fully saturated rings. The Bertz CT molecular complexity index is 159. The summed E-state index contributed by atoms with van der Waals surface area (Å²) in [5.41, 5.74) is 0. The average Bonchev–Trinajstić information content (AvgIpc) is 2.11. The normalized spacial score (nSPS) is 9.54. The molecule has 0 aromatic rings. The first-order chi connectivity index (χ1) is 6.31. The van der Waals surface area contributed by atoms with Crippen molar-refractivity contribution in [2.75, 3.05) is 0 Å². The predicted octanol–water partition coefficient (Wildman–Crippen LogP) is 3.66. The lowest BCUT2D eigenvalue weighted by Crippen LogP contribution is -1.94. The molecule has 0 spiro atoms. The first kappa shape index (κ1) is 12.2. The van der Waals surface area contributed by atoms with Gasteiger partial charge in [0.15, 0.2) is 0 Å². The molecule has 0 unspecified atom stereocenters. The quantitative estimate of drug-likeness (QED) is 0.391. The van der Waals surface area contributed by atoms with Crippen LogP contribution in [0.1, 0.15) is 44.9 Å². The van der Waals surface area contributed by atoms with E-state index in [0.717, 1.165) is 25.7 Å². The summed E-state index contributed by atoms with van der Waals surface area (Å²) in [5.74, 6) is 0.318. The molecule has 0 aliphatic carbocycles. The number of ketones is 1. The van der Waals surface area contributed by atoms with Crippen molar-refractivity contribution in [1.29, 1.82) is 0 Å². The topological polar surface area (TPSA) is 17.1 Å². The van der Waals surface area contributed by atoms with Crippen molar-refractivity contribution in [3.63, 3.8) is 0 Å². The van der Waals surface area contributed by atoms with Crippen molar-refractivity contribution >= 4 is 5.78 Å². The summed E-state index contributed by atoms with van der Waals surface area (Å²) in [6, 6.07) is 0. The van der Waals surface area contributed by atoms with Crippen LogP contribution >= 0.6 is 0 Å². The summed E-state index contributed by atoms with van der Waals surface area (Å²) in [6.45, 7) is 7.20. The zero-order valence-corrected chi connectivity index (χ0v) is 8.43. The van der Waals surface area contributed by atoms with Gasteiger partial charge in [0.05, 0.1) is 0 Å². The van der Waals surface area contributed by atoms with E-state index in [9.17, 15) is 4.79 Å². The van der Waals surface area contributed by atoms with Crippen molar-refractivity contribution in [2.24, 2.45) is 0 Å². The Morgan fingerprint density at radius 1 is 1.00 bits per heavy atom. The number of hydrogen-bond donors (Lipinski definition) is 0. The lowest BCUT2D eigenvalue weighted by molar-refractivity contribution is -0.118. The van der Waals surface area contributed by atoms with E-state index < -0.39 is 0 Å². The van der Waals surface area contributed by atoms with E-state index in [1.165, 1.54) is 12.8 Å². The van der Waals surface area contributed by atoms with Gasteiger partial charge in [-0.2, -0.15) is 0 Å². The summed E-state index contributed by atoms with van der Waals surface area (Å²) in [4.78, 5) is 11.0. The largest absolute Gasteiger partial charge is 0.299 e. The van der Waals surface area contributed by atoms with E-state index in [2.05, 4.69) is 13.2 Å². The molecule has 0 heterocycles. The molecule has 0 amide bonds. The number of carbonyl (C=O) groups excluding carboxylic acids is 1. The van der Waals surface area contributed by atoms with Crippen LogP contribution in [-0.2, 0) is 4.79 Å². The zero-order valence-electron chi connectivity index (χ0n) is 8.43. The molecule has 0 saturated carbocycles. The van der Waals surface area contributed by atoms with Crippen LogP contribution < -0.4 is 0 Å². The van der Waals surface area contributed by atoms with E-state index in [0.29, 0.717) is 12.2 Å². The zero-order chi connectivity index (χ0) is 9.94. The minimum Gasteiger partial charge on any atom is -0.299 e. The Balaban J connectivity index is 3.10. The molecular weight excluding hydrogens is 160 g/mol. The molecule has 0 saturated heterocycles. The summed E-state index contributed by atoms with van der Waals surface area (Å²) < 4.78 is 0. The van der Waals surface area contributed by atoms with Gasteiger partial charge in [0, 0.05) is 12.8 Å². The molecule has 0 radical (unpaired) electrons. The number of rotatable bonds is 9. The fourth-order valence-electron chi connectivity index (χ4n) is 1.23. The minimum absolute atomic E-state index is 0.318. The average molecular weight is 180 g/mol. The molecule has 0 aromatic carbocycles. The van der Waals surface area contributed by atoms with Gasteiger partial charge in [-0.3, -0.25) is 4.79 Å². The van der Waals surface area contributed by atoms with Crippen LogP contribution in [0.4, 0.5) is 0 Å². The fourth-order valence-corrected chi connectivity index (χ4v) is 1.23. The third-order valence-electron chi connectivity index (χ3n) is 1.99. The molecule has 0 rings (SSSR count). The molecule has 0 aromatic heterocycles. The van der Waals surface area contributed by atoms with Crippen LogP contribution in [0, 0.1) is 0 Å². The highest BCUT2D eigenvalue weighted by Crippen LogP contribution is 2.06. The first-order valence-electron chi connectivity index (χ1n) is 5.04. The molecule has 0 aliphatic heterocycles. The van der Waals surface area contributed by atoms with E-state index >= 15 is 0 Å². The second-order valence-electron chi connectivity index (χ2n) is 3.27. The second-order valence-corrected chi connectivity index (χ2v) is 3.27. The molecule has 0 atom stereocenters. The number of unbranched alkanes of at least 4 members (excludes halogenated alkanes) is 4. The van der Waals surface area contributed by atoms with Crippen molar-refractivity contribution < 1.29 is 4.79 Å². The van der Waals surface area contributed by atoms with E-state index in [-0.39, 0.29) is 0 Å². The van der Waals surface area contributed by atoms with Gasteiger partial charge in [0.25, 0.3) is 0 Å². The number of carbonyl (C=O) groups is 1. The maximum absolute atomic E-state index is 11.0. The number of allylic oxidation sites excluding steroid dienone is 2. The molecule has 0 aliphatic rings. The first-order valence-corrected chi connectivity index (χ1v) is 5.04. The molecule has 1 heteroatoms. The summed E-state index contributed by atoms with van der Waals surface area (Å²) in [6.07, 6.45) is 10.6. The van der Waals surface area contributed by atoms with Crippen LogP contribution in [0.2, 0.25) is 0 Å². The van der Waals surface area contributed by atoms with Gasteiger partial charge in [-0.05, 0) is 19.3 Å². The standard InChI is InChI=1S/C12H20O/c1-3-5-6-7-8-9-11-12(13)10-4-2/h3-4H,1-2,5-11H2. The van der Waals surface area contributed by atoms with Crippen molar-refractivity contribution in [1.82, 2.24) is 0 Å². The van der Waals surface area contributed by atoms with Gasteiger partial charge in [-0.25, -0.2) is 0 Å². The van der Waals surface area contributed by atoms with E-state index in [1.807, 2.05) is 6.08 Å². The molecule has 0 N–H and O–H groups in total. The Labute approximate surface area is 81.5 Å². The predicted molar refractivity (Wildman–Crippen MR) is 57.7 cm³/mol. The van der Waals surface area contributed by atoms with E-state index in [1.54, 1.807) is 6.08 Å². The molecule has 74 valence electrons. The van der Waals surface area contributed by atoms with Gasteiger partial charge in [0.1, 0.15) is 5.78 Å². The van der Waals surface area contributed by atoms with Crippen molar-refractivity contribution in [3.05, 3.63) is 25.3 Å². The Morgan fingerprint density at radius 3 is 2.31 bits per heavy atom. The van der Waals surface area contributed by atoms with Crippen LogP contribution in [0.3, 0.4) is 0 Å². The van der Waals surface area contributed by atoms with Gasteiger partial charge in [-0.15, -0.1) is 13.2 Å². The maximum atomic E-state index is 11.0. The molecule has 0 bridgehead atoms. The lowest BCUT2D eigenvalue weighted by atomic mass is 10.1. The van der Waals surface area contributed by atoms with Crippen LogP contribution in [-0.4, -0.2) is 5.78 Å². The number of Topliss-reactive ketones (excluding diaryl/α,β-unsaturated/α-hetero) is 1. The minimum atomic E-state index is 0.318. The Morgan fingerprint density at radius 2 is 1.69 bits per heavy atom. The second kappa shape index (κ2) is 9.24. The van der Waals surface area contributed by atoms with Crippen LogP contribution in [0.5, 0.6) is 0 Å². The van der Waals surface area contributed by atoms with Crippen molar-refractivity contribution in [3.8, 4) is 0 Å². The lowest BCUT2D eigenvalue weighted by Gasteiger charge is -1.98. The molecule has 1 nitrogen and oxygen atoms in total. The Hall–Kier alpha value is -0.850. The highest BCUT2D eigenvalue weighted by atomic mass is 16.1. The van der Waals surface area contributed by atoms with Gasteiger partial charge in [0.2, 0.25) is 0 Å². The Kier molecular flexibility index (Phi) is 8.64. The third-order valence-corrected chi connectivity index (χ3v) is 1.99. The fraction of sp³-hybridized carbons (Fsp3) is 0.583. The molecular formula is C12H20O. The number of hydrogen-bond acceptors (Lipinski definition) is 1. The molecule has 13 heavy (non-hydrogen) atoms. The SMILES string of the molecule is C=CCCCCCCC(=O)CC=C. The third kappa shape index (κ3) is 9.06. The highest BCUT2D eigenvalue weighted by Gasteiger charge is 1.97. The maximum Gasteiger partial charge on any atom is 0.136 e. The van der Waals surface area contributed by atoms with Crippen LogP contribution in [0.15, 0.2) is 25.3 Å². The monoisotopic (exact) mass is 180 g/mol. The summed E-state index contributed by atoms with van der Waals surface area (Å²) >= 11 is 0. The summed E-state index contributed by atoms with van der Waals surface area (Å²) in [5, 5.41) is 0. The van der Waals surface area contributed by atoms with Gasteiger partial charge >= 0.3 is 0 Å². The summed E-state index contributed by atoms with van der Waals surface area (Å²) in [7, 11) is 0. The smallest absolute Gasteiger partial charge is 0.136 e. The van der Waals surface area contributed by atoms with Gasteiger partial charge in [-0.1, -0.05) is 25.0 Å². The van der Waals surface area contributed by atoms with Gasteiger partial charge < -0.3 is 0 Å². The van der Waals surface area contributed by atoms with Crippen molar-refractivity contribution in [2.45, 2.75) is 44.9 Å².